The zero-order valence-electron chi connectivity index (χ0n) is 10.3. The van der Waals surface area contributed by atoms with Gasteiger partial charge in [0.05, 0.1) is 11.0 Å². The van der Waals surface area contributed by atoms with Crippen LogP contribution < -0.4 is 5.32 Å². The van der Waals surface area contributed by atoms with Gasteiger partial charge < -0.3 is 5.32 Å². The number of carbonyl (C=O) groups excluding carboxylic acids is 1. The molecule has 0 spiro atoms. The number of carbonyl (C=O) groups is 1. The Morgan fingerprint density at radius 1 is 1.47 bits per heavy atom. The summed E-state index contributed by atoms with van der Waals surface area (Å²) in [5.41, 5.74) is -0.514. The number of hydrogen-bond acceptors (Lipinski definition) is 4. The molecule has 19 heavy (non-hydrogen) atoms. The van der Waals surface area contributed by atoms with E-state index < -0.39 is 10.3 Å². The molecule has 1 saturated carbocycles. The van der Waals surface area contributed by atoms with E-state index in [1.807, 2.05) is 6.07 Å². The van der Waals surface area contributed by atoms with Gasteiger partial charge in [-0.05, 0) is 19.3 Å². The molecular formula is C13H13N3O3. The summed E-state index contributed by atoms with van der Waals surface area (Å²) in [6, 6.07) is 8.29. The fraction of sp³-hybridized carbons (Fsp3) is 0.385. The number of benzene rings is 1. The predicted molar refractivity (Wildman–Crippen MR) is 66.8 cm³/mol. The number of para-hydroxylation sites is 1. The monoisotopic (exact) mass is 259 g/mol. The van der Waals surface area contributed by atoms with Gasteiger partial charge in [0.1, 0.15) is 5.41 Å². The molecule has 0 heterocycles. The van der Waals surface area contributed by atoms with E-state index in [0.29, 0.717) is 18.4 Å². The normalized spacial score (nSPS) is 15.9. The fourth-order valence-corrected chi connectivity index (χ4v) is 2.10. The van der Waals surface area contributed by atoms with Gasteiger partial charge in [-0.15, -0.1) is 0 Å². The molecular weight excluding hydrogens is 246 g/mol. The second kappa shape index (κ2) is 5.06. The second-order valence-electron chi connectivity index (χ2n) is 4.62. The molecule has 0 aliphatic heterocycles. The number of hydrogen-bond donors (Lipinski definition) is 1. The van der Waals surface area contributed by atoms with Gasteiger partial charge >= 0.3 is 0 Å². The minimum atomic E-state index is -0.927. The van der Waals surface area contributed by atoms with Gasteiger partial charge in [-0.25, -0.2) is 0 Å². The lowest BCUT2D eigenvalue weighted by molar-refractivity contribution is -0.385. The summed E-state index contributed by atoms with van der Waals surface area (Å²) in [4.78, 5) is 22.3. The van der Waals surface area contributed by atoms with Crippen molar-refractivity contribution in [2.24, 2.45) is 5.41 Å². The number of nitriles is 1. The second-order valence-corrected chi connectivity index (χ2v) is 4.62. The van der Waals surface area contributed by atoms with Crippen LogP contribution >= 0.6 is 0 Å². The van der Waals surface area contributed by atoms with Crippen molar-refractivity contribution in [3.8, 4) is 6.07 Å². The van der Waals surface area contributed by atoms with Gasteiger partial charge in [0, 0.05) is 18.2 Å². The van der Waals surface area contributed by atoms with Crippen LogP contribution in [0.4, 0.5) is 5.69 Å². The number of amides is 1. The number of nitro groups is 1. The summed E-state index contributed by atoms with van der Waals surface area (Å²) in [5.74, 6) is -0.334. The third-order valence-corrected chi connectivity index (χ3v) is 3.48. The molecule has 1 aliphatic rings. The molecule has 1 amide bonds. The smallest absolute Gasteiger partial charge is 0.274 e. The van der Waals surface area contributed by atoms with E-state index in [2.05, 4.69) is 5.32 Å². The first-order chi connectivity index (χ1) is 9.09. The van der Waals surface area contributed by atoms with Crippen molar-refractivity contribution in [1.82, 2.24) is 5.32 Å². The lowest BCUT2D eigenvalue weighted by atomic mass is 9.69. The molecule has 0 saturated heterocycles. The summed E-state index contributed by atoms with van der Waals surface area (Å²) in [6.07, 6.45) is 1.99. The largest absolute Gasteiger partial charge is 0.350 e. The molecule has 98 valence electrons. The quantitative estimate of drug-likeness (QED) is 0.659. The Morgan fingerprint density at radius 2 is 2.16 bits per heavy atom. The minimum absolute atomic E-state index is 0.0255. The summed E-state index contributed by atoms with van der Waals surface area (Å²) < 4.78 is 0. The number of rotatable bonds is 4. The van der Waals surface area contributed by atoms with E-state index in [4.69, 9.17) is 5.26 Å². The van der Waals surface area contributed by atoms with Crippen molar-refractivity contribution in [2.75, 3.05) is 0 Å². The maximum Gasteiger partial charge on any atom is 0.274 e. The summed E-state index contributed by atoms with van der Waals surface area (Å²) >= 11 is 0. The third kappa shape index (κ3) is 2.40. The minimum Gasteiger partial charge on any atom is -0.350 e. The molecule has 6 nitrogen and oxygen atoms in total. The van der Waals surface area contributed by atoms with E-state index >= 15 is 0 Å². The first kappa shape index (κ1) is 13.0. The van der Waals surface area contributed by atoms with Crippen LogP contribution in [0.2, 0.25) is 0 Å². The van der Waals surface area contributed by atoms with Gasteiger partial charge in [-0.2, -0.15) is 5.26 Å². The summed E-state index contributed by atoms with van der Waals surface area (Å²) in [6.45, 7) is 0.0689. The topological polar surface area (TPSA) is 96.0 Å². The van der Waals surface area contributed by atoms with Crippen molar-refractivity contribution in [2.45, 2.75) is 25.8 Å². The van der Waals surface area contributed by atoms with E-state index in [-0.39, 0.29) is 18.1 Å². The van der Waals surface area contributed by atoms with Gasteiger partial charge in [-0.3, -0.25) is 14.9 Å². The van der Waals surface area contributed by atoms with E-state index in [1.165, 1.54) is 6.07 Å². The Morgan fingerprint density at radius 3 is 2.68 bits per heavy atom. The Balaban J connectivity index is 2.06. The molecule has 0 unspecified atom stereocenters. The SMILES string of the molecule is N#CC1(C(=O)NCc2ccccc2[N+](=O)[O-])CCC1. The molecule has 6 heteroatoms. The van der Waals surface area contributed by atoms with Crippen LogP contribution in [0.3, 0.4) is 0 Å². The van der Waals surface area contributed by atoms with Gasteiger partial charge in [0.15, 0.2) is 0 Å². The Kier molecular flexibility index (Phi) is 3.47. The van der Waals surface area contributed by atoms with Crippen LogP contribution in [0.25, 0.3) is 0 Å². The van der Waals surface area contributed by atoms with Crippen LogP contribution in [0.15, 0.2) is 24.3 Å². The Hall–Kier alpha value is -2.42. The van der Waals surface area contributed by atoms with Crippen LogP contribution in [0.1, 0.15) is 24.8 Å². The van der Waals surface area contributed by atoms with Crippen LogP contribution in [-0.4, -0.2) is 10.8 Å². The van der Waals surface area contributed by atoms with E-state index in [9.17, 15) is 14.9 Å². The van der Waals surface area contributed by atoms with E-state index in [0.717, 1.165) is 6.42 Å². The Labute approximate surface area is 110 Å². The highest BCUT2D eigenvalue weighted by atomic mass is 16.6. The van der Waals surface area contributed by atoms with Gasteiger partial charge in [0.2, 0.25) is 5.91 Å². The van der Waals surface area contributed by atoms with Crippen molar-refractivity contribution < 1.29 is 9.72 Å². The van der Waals surface area contributed by atoms with Crippen LogP contribution in [0.5, 0.6) is 0 Å². The highest BCUT2D eigenvalue weighted by Crippen LogP contribution is 2.40. The molecule has 0 bridgehead atoms. The predicted octanol–water partition coefficient (Wildman–Crippen LogP) is 1.90. The van der Waals surface area contributed by atoms with Crippen molar-refractivity contribution in [3.05, 3.63) is 39.9 Å². The number of nitrogens with zero attached hydrogens (tertiary/aromatic N) is 2. The van der Waals surface area contributed by atoms with Crippen LogP contribution in [-0.2, 0) is 11.3 Å². The molecule has 1 aromatic carbocycles. The molecule has 0 atom stereocenters. The van der Waals surface area contributed by atoms with Crippen molar-refractivity contribution >= 4 is 11.6 Å². The lowest BCUT2D eigenvalue weighted by Crippen LogP contribution is -2.44. The average Bonchev–Trinajstić information content (AvgIpc) is 2.36. The summed E-state index contributed by atoms with van der Waals surface area (Å²) in [7, 11) is 0. The summed E-state index contributed by atoms with van der Waals surface area (Å²) in [5, 5.41) is 22.5. The zero-order chi connectivity index (χ0) is 13.9. The first-order valence-electron chi connectivity index (χ1n) is 6.01. The molecule has 1 N–H and O–H groups in total. The number of nitro benzene ring substituents is 1. The maximum atomic E-state index is 11.9. The lowest BCUT2D eigenvalue weighted by Gasteiger charge is -2.33. The average molecular weight is 259 g/mol. The molecule has 0 aromatic heterocycles. The van der Waals surface area contributed by atoms with Crippen molar-refractivity contribution in [3.63, 3.8) is 0 Å². The highest BCUT2D eigenvalue weighted by Gasteiger charge is 2.44. The van der Waals surface area contributed by atoms with Crippen molar-refractivity contribution in [1.29, 1.82) is 5.26 Å². The molecule has 1 fully saturated rings. The zero-order valence-corrected chi connectivity index (χ0v) is 10.3. The standard InChI is InChI=1S/C13H13N3O3/c14-9-13(6-3-7-13)12(17)15-8-10-4-1-2-5-11(10)16(18)19/h1-2,4-5H,3,6-8H2,(H,15,17). The molecule has 1 aromatic rings. The number of nitrogens with one attached hydrogen (secondary N) is 1. The van der Waals surface area contributed by atoms with Gasteiger partial charge in [-0.1, -0.05) is 18.2 Å². The highest BCUT2D eigenvalue weighted by molar-refractivity contribution is 5.86. The maximum absolute atomic E-state index is 11.9. The third-order valence-electron chi connectivity index (χ3n) is 3.48. The Bertz CT molecular complexity index is 558. The van der Waals surface area contributed by atoms with Crippen LogP contribution in [0, 0.1) is 26.9 Å². The van der Waals surface area contributed by atoms with Gasteiger partial charge in [0.25, 0.3) is 5.69 Å². The van der Waals surface area contributed by atoms with E-state index in [1.54, 1.807) is 18.2 Å². The fourth-order valence-electron chi connectivity index (χ4n) is 2.10. The molecule has 1 aliphatic carbocycles. The molecule has 2 rings (SSSR count). The first-order valence-corrected chi connectivity index (χ1v) is 6.01. The molecule has 0 radical (unpaired) electrons.